The Bertz CT molecular complexity index is 490. The zero-order chi connectivity index (χ0) is 14.8. The molecule has 0 amide bonds. The predicted octanol–water partition coefficient (Wildman–Crippen LogP) is 5.20. The SMILES string of the molecule is CC(C)CC1(C(=O)Cc2cccc(F)c2Cl)CCCC1. The summed E-state index contributed by atoms with van der Waals surface area (Å²) in [6.07, 6.45) is 5.36. The first-order chi connectivity index (χ1) is 9.44. The Hall–Kier alpha value is -0.890. The van der Waals surface area contributed by atoms with Crippen LogP contribution in [0.5, 0.6) is 0 Å². The molecule has 1 saturated carbocycles. The lowest BCUT2D eigenvalue weighted by atomic mass is 9.73. The largest absolute Gasteiger partial charge is 0.299 e. The van der Waals surface area contributed by atoms with Crippen molar-refractivity contribution in [2.24, 2.45) is 11.3 Å². The van der Waals surface area contributed by atoms with Gasteiger partial charge in [-0.15, -0.1) is 0 Å². The van der Waals surface area contributed by atoms with E-state index >= 15 is 0 Å². The van der Waals surface area contributed by atoms with Gasteiger partial charge in [0, 0.05) is 11.8 Å². The average Bonchev–Trinajstić information content (AvgIpc) is 2.84. The minimum Gasteiger partial charge on any atom is -0.299 e. The quantitative estimate of drug-likeness (QED) is 0.730. The molecule has 0 radical (unpaired) electrons. The molecule has 0 heterocycles. The summed E-state index contributed by atoms with van der Waals surface area (Å²) in [6, 6.07) is 4.70. The van der Waals surface area contributed by atoms with Crippen LogP contribution in [0.2, 0.25) is 5.02 Å². The molecule has 1 aromatic carbocycles. The Morgan fingerprint density at radius 2 is 2.00 bits per heavy atom. The van der Waals surface area contributed by atoms with E-state index in [1.54, 1.807) is 12.1 Å². The first kappa shape index (κ1) is 15.5. The number of carbonyl (C=O) groups excluding carboxylic acids is 1. The summed E-state index contributed by atoms with van der Waals surface area (Å²) < 4.78 is 13.5. The lowest BCUT2D eigenvalue weighted by Gasteiger charge is -2.29. The summed E-state index contributed by atoms with van der Waals surface area (Å²) in [5, 5.41) is 0.0959. The fourth-order valence-corrected chi connectivity index (χ4v) is 3.67. The molecular formula is C17H22ClFO. The Balaban J connectivity index is 2.19. The molecule has 3 heteroatoms. The van der Waals surface area contributed by atoms with Crippen LogP contribution in [0.3, 0.4) is 0 Å². The molecule has 1 aromatic rings. The number of benzene rings is 1. The summed E-state index contributed by atoms with van der Waals surface area (Å²) in [5.74, 6) is 0.289. The number of hydrogen-bond acceptors (Lipinski definition) is 1. The van der Waals surface area contributed by atoms with Gasteiger partial charge < -0.3 is 0 Å². The monoisotopic (exact) mass is 296 g/mol. The van der Waals surface area contributed by atoms with Crippen LogP contribution >= 0.6 is 11.6 Å². The van der Waals surface area contributed by atoms with E-state index in [0.717, 1.165) is 32.1 Å². The fraction of sp³-hybridized carbons (Fsp3) is 0.588. The highest BCUT2D eigenvalue weighted by atomic mass is 35.5. The summed E-state index contributed by atoms with van der Waals surface area (Å²) in [4.78, 5) is 12.8. The van der Waals surface area contributed by atoms with Crippen molar-refractivity contribution in [3.8, 4) is 0 Å². The second-order valence-corrected chi connectivity index (χ2v) is 6.78. The maximum Gasteiger partial charge on any atom is 0.143 e. The molecule has 0 N–H and O–H groups in total. The molecule has 1 nitrogen and oxygen atoms in total. The van der Waals surface area contributed by atoms with E-state index in [1.807, 2.05) is 0 Å². The highest BCUT2D eigenvalue weighted by Crippen LogP contribution is 2.44. The van der Waals surface area contributed by atoms with Crippen molar-refractivity contribution >= 4 is 17.4 Å². The lowest BCUT2D eigenvalue weighted by molar-refractivity contribution is -0.128. The molecular weight excluding hydrogens is 275 g/mol. The summed E-state index contributed by atoms with van der Waals surface area (Å²) >= 11 is 5.97. The average molecular weight is 297 g/mol. The van der Waals surface area contributed by atoms with Crippen LogP contribution < -0.4 is 0 Å². The predicted molar refractivity (Wildman–Crippen MR) is 80.5 cm³/mol. The molecule has 0 spiro atoms. The van der Waals surface area contributed by atoms with Crippen molar-refractivity contribution in [2.75, 3.05) is 0 Å². The van der Waals surface area contributed by atoms with Crippen molar-refractivity contribution in [3.63, 3.8) is 0 Å². The van der Waals surface area contributed by atoms with E-state index in [-0.39, 0.29) is 22.6 Å². The van der Waals surface area contributed by atoms with Gasteiger partial charge in [0.25, 0.3) is 0 Å². The maximum atomic E-state index is 13.5. The van der Waals surface area contributed by atoms with E-state index in [9.17, 15) is 9.18 Å². The second-order valence-electron chi connectivity index (χ2n) is 6.40. The Morgan fingerprint density at radius 3 is 2.60 bits per heavy atom. The van der Waals surface area contributed by atoms with Crippen LogP contribution in [0.15, 0.2) is 18.2 Å². The van der Waals surface area contributed by atoms with Crippen molar-refractivity contribution in [3.05, 3.63) is 34.6 Å². The zero-order valence-electron chi connectivity index (χ0n) is 12.2. The molecule has 0 bridgehead atoms. The zero-order valence-corrected chi connectivity index (χ0v) is 13.0. The van der Waals surface area contributed by atoms with Crippen LogP contribution in [-0.2, 0) is 11.2 Å². The number of carbonyl (C=O) groups is 1. The second kappa shape index (κ2) is 6.26. The highest BCUT2D eigenvalue weighted by Gasteiger charge is 2.40. The van der Waals surface area contributed by atoms with Crippen molar-refractivity contribution in [2.45, 2.75) is 52.4 Å². The number of halogens is 2. The molecule has 0 unspecified atom stereocenters. The van der Waals surface area contributed by atoms with Gasteiger partial charge in [-0.25, -0.2) is 4.39 Å². The third-order valence-electron chi connectivity index (χ3n) is 4.33. The molecule has 1 fully saturated rings. The first-order valence-electron chi connectivity index (χ1n) is 7.41. The molecule has 0 aromatic heterocycles. The summed E-state index contributed by atoms with van der Waals surface area (Å²) in [7, 11) is 0. The number of rotatable bonds is 5. The molecule has 110 valence electrons. The van der Waals surface area contributed by atoms with Crippen molar-refractivity contribution in [1.29, 1.82) is 0 Å². The summed E-state index contributed by atoms with van der Waals surface area (Å²) in [6.45, 7) is 4.31. The first-order valence-corrected chi connectivity index (χ1v) is 7.78. The van der Waals surface area contributed by atoms with Crippen LogP contribution in [-0.4, -0.2) is 5.78 Å². The molecule has 1 aliphatic rings. The normalized spacial score (nSPS) is 17.6. The van der Waals surface area contributed by atoms with Gasteiger partial charge in [0.1, 0.15) is 11.6 Å². The van der Waals surface area contributed by atoms with Crippen LogP contribution in [0.1, 0.15) is 51.5 Å². The van der Waals surface area contributed by atoms with Gasteiger partial charge in [-0.05, 0) is 36.8 Å². The van der Waals surface area contributed by atoms with E-state index in [0.29, 0.717) is 11.5 Å². The minimum absolute atomic E-state index is 0.0959. The number of Topliss-reactive ketones (excluding diaryl/α,β-unsaturated/α-hetero) is 1. The smallest absolute Gasteiger partial charge is 0.143 e. The number of hydrogen-bond donors (Lipinski definition) is 0. The molecule has 20 heavy (non-hydrogen) atoms. The molecule has 0 saturated heterocycles. The van der Waals surface area contributed by atoms with Crippen molar-refractivity contribution < 1.29 is 9.18 Å². The van der Waals surface area contributed by atoms with Gasteiger partial charge in [-0.3, -0.25) is 4.79 Å². The molecule has 1 aliphatic carbocycles. The van der Waals surface area contributed by atoms with E-state index < -0.39 is 5.82 Å². The van der Waals surface area contributed by atoms with Gasteiger partial charge in [0.2, 0.25) is 0 Å². The van der Waals surface area contributed by atoms with Gasteiger partial charge in [0.15, 0.2) is 0 Å². The molecule has 0 atom stereocenters. The molecule has 2 rings (SSSR count). The van der Waals surface area contributed by atoms with Gasteiger partial charge in [-0.2, -0.15) is 0 Å². The van der Waals surface area contributed by atoms with Gasteiger partial charge in [0.05, 0.1) is 5.02 Å². The summed E-state index contributed by atoms with van der Waals surface area (Å²) in [5.41, 5.74) is 0.413. The van der Waals surface area contributed by atoms with Gasteiger partial charge in [-0.1, -0.05) is 50.4 Å². The van der Waals surface area contributed by atoms with E-state index in [4.69, 9.17) is 11.6 Å². The minimum atomic E-state index is -0.443. The Kier molecular flexibility index (Phi) is 4.85. The van der Waals surface area contributed by atoms with E-state index in [1.165, 1.54) is 6.07 Å². The standard InChI is InChI=1S/C17H22ClFO/c1-12(2)11-17(8-3-4-9-17)15(20)10-13-6-5-7-14(19)16(13)18/h5-7,12H,3-4,8-11H2,1-2H3. The lowest BCUT2D eigenvalue weighted by Crippen LogP contribution is -2.31. The van der Waals surface area contributed by atoms with Crippen LogP contribution in [0.25, 0.3) is 0 Å². The van der Waals surface area contributed by atoms with Crippen LogP contribution in [0.4, 0.5) is 4.39 Å². The Morgan fingerprint density at radius 1 is 1.35 bits per heavy atom. The highest BCUT2D eigenvalue weighted by molar-refractivity contribution is 6.31. The maximum absolute atomic E-state index is 13.5. The van der Waals surface area contributed by atoms with Gasteiger partial charge >= 0.3 is 0 Å². The topological polar surface area (TPSA) is 17.1 Å². The third kappa shape index (κ3) is 3.22. The molecule has 0 aliphatic heterocycles. The van der Waals surface area contributed by atoms with Crippen LogP contribution in [0, 0.1) is 17.2 Å². The Labute approximate surface area is 125 Å². The van der Waals surface area contributed by atoms with E-state index in [2.05, 4.69) is 13.8 Å². The number of ketones is 1. The third-order valence-corrected chi connectivity index (χ3v) is 4.76. The van der Waals surface area contributed by atoms with Crippen molar-refractivity contribution in [1.82, 2.24) is 0 Å². The fourth-order valence-electron chi connectivity index (χ4n) is 3.48.